The van der Waals surface area contributed by atoms with Gasteiger partial charge in [-0.05, 0) is 93.2 Å². The van der Waals surface area contributed by atoms with Crippen molar-refractivity contribution in [1.29, 1.82) is 0 Å². The van der Waals surface area contributed by atoms with Gasteiger partial charge in [-0.15, -0.1) is 0 Å². The highest BCUT2D eigenvalue weighted by Gasteiger charge is 2.42. The molecule has 1 aliphatic carbocycles. The fraction of sp³-hybridized carbons (Fsp3) is 0.483. The second-order valence-electron chi connectivity index (χ2n) is 10.2. The monoisotopic (exact) mass is 458 g/mol. The Morgan fingerprint density at radius 2 is 1.64 bits per heavy atom. The van der Waals surface area contributed by atoms with Gasteiger partial charge in [0.05, 0.1) is 0 Å². The molecule has 0 radical (unpaired) electrons. The molecule has 0 aromatic heterocycles. The van der Waals surface area contributed by atoms with Gasteiger partial charge >= 0.3 is 0 Å². The second-order valence-corrected chi connectivity index (χ2v) is 11.3. The van der Waals surface area contributed by atoms with Crippen molar-refractivity contribution in [1.82, 2.24) is 9.80 Å². The summed E-state index contributed by atoms with van der Waals surface area (Å²) in [4.78, 5) is 20.4. The fourth-order valence-electron chi connectivity index (χ4n) is 6.25. The van der Waals surface area contributed by atoms with E-state index < -0.39 is 0 Å². The second kappa shape index (κ2) is 8.63. The fourth-order valence-corrected chi connectivity index (χ4v) is 7.38. The molecule has 2 aromatic rings. The van der Waals surface area contributed by atoms with Crippen molar-refractivity contribution in [2.24, 2.45) is 5.92 Å². The van der Waals surface area contributed by atoms with Gasteiger partial charge < -0.3 is 4.90 Å². The summed E-state index contributed by atoms with van der Waals surface area (Å²) in [5, 5.41) is 0. The average Bonchev–Trinajstić information content (AvgIpc) is 3.62. The Hall–Kier alpha value is -2.04. The maximum atomic E-state index is 13.0. The highest BCUT2D eigenvalue weighted by atomic mass is 32.2. The molecule has 3 aliphatic heterocycles. The van der Waals surface area contributed by atoms with Crippen LogP contribution in [0.5, 0.6) is 0 Å². The first-order chi connectivity index (χ1) is 16.2. The van der Waals surface area contributed by atoms with Gasteiger partial charge in [0.15, 0.2) is 0 Å². The lowest BCUT2D eigenvalue weighted by atomic mass is 9.85. The van der Waals surface area contributed by atoms with Crippen LogP contribution in [-0.2, 0) is 0 Å². The van der Waals surface area contributed by atoms with Gasteiger partial charge in [-0.25, -0.2) is 0 Å². The predicted molar refractivity (Wildman–Crippen MR) is 136 cm³/mol. The molecule has 1 amide bonds. The summed E-state index contributed by atoms with van der Waals surface area (Å²) >= 11 is 1.83. The Bertz CT molecular complexity index is 1100. The molecule has 2 aromatic carbocycles. The Morgan fingerprint density at radius 3 is 2.33 bits per heavy atom. The van der Waals surface area contributed by atoms with Crippen molar-refractivity contribution in [3.8, 4) is 0 Å². The zero-order valence-electron chi connectivity index (χ0n) is 19.8. The quantitative estimate of drug-likeness (QED) is 0.438. The third-order valence-corrected chi connectivity index (χ3v) is 9.31. The lowest BCUT2D eigenvalue weighted by Gasteiger charge is -2.38. The largest absolute Gasteiger partial charge is 0.339 e. The van der Waals surface area contributed by atoms with Gasteiger partial charge in [-0.3, -0.25) is 9.69 Å². The molecule has 2 unspecified atom stereocenters. The normalized spacial score (nSPS) is 23.9. The van der Waals surface area contributed by atoms with Crippen molar-refractivity contribution >= 4 is 23.2 Å². The van der Waals surface area contributed by atoms with E-state index in [0.29, 0.717) is 0 Å². The number of benzene rings is 2. The number of fused-ring (bicyclic) bond motifs is 4. The van der Waals surface area contributed by atoms with Gasteiger partial charge in [0.25, 0.3) is 5.91 Å². The summed E-state index contributed by atoms with van der Waals surface area (Å²) in [7, 11) is 0. The topological polar surface area (TPSA) is 23.6 Å². The number of hydrogen-bond donors (Lipinski definition) is 0. The van der Waals surface area contributed by atoms with E-state index in [4.69, 9.17) is 0 Å². The standard InChI is InChI=1S/C29H34N2OS/c1-3-30(4-2)29(32)20-11-14-25-27(17-20)33-26-8-6-5-7-24(26)28(25)21-15-22-12-13-23(16-21)31(22)18-19-9-10-19/h5-8,11,14,17,19,22-23H,3-4,9-10,12-13,15-16,18H2,1-2H3. The lowest BCUT2D eigenvalue weighted by molar-refractivity contribution is 0.0772. The van der Waals surface area contributed by atoms with E-state index >= 15 is 0 Å². The Labute approximate surface area is 202 Å². The van der Waals surface area contributed by atoms with Crippen LogP contribution in [0.1, 0.15) is 73.9 Å². The highest BCUT2D eigenvalue weighted by molar-refractivity contribution is 7.99. The number of nitrogens with zero attached hydrogens (tertiary/aromatic N) is 2. The van der Waals surface area contributed by atoms with Gasteiger partial charge in [-0.1, -0.05) is 41.6 Å². The van der Waals surface area contributed by atoms with Crippen LogP contribution < -0.4 is 0 Å². The van der Waals surface area contributed by atoms with Crippen LogP contribution in [0.25, 0.3) is 5.57 Å². The molecule has 33 heavy (non-hydrogen) atoms. The molecule has 2 atom stereocenters. The first kappa shape index (κ1) is 21.5. The van der Waals surface area contributed by atoms with Crippen LogP contribution in [-0.4, -0.2) is 47.4 Å². The van der Waals surface area contributed by atoms with Crippen molar-refractivity contribution in [3.05, 3.63) is 64.7 Å². The number of piperidine rings is 1. The third-order valence-electron chi connectivity index (χ3n) is 8.18. The van der Waals surface area contributed by atoms with Crippen LogP contribution in [0, 0.1) is 5.92 Å². The molecule has 3 nitrogen and oxygen atoms in total. The molecule has 3 fully saturated rings. The Morgan fingerprint density at radius 1 is 0.939 bits per heavy atom. The molecule has 4 aliphatic rings. The van der Waals surface area contributed by atoms with E-state index in [1.165, 1.54) is 71.6 Å². The maximum Gasteiger partial charge on any atom is 0.253 e. The summed E-state index contributed by atoms with van der Waals surface area (Å²) in [6.07, 6.45) is 8.00. The molecule has 6 rings (SSSR count). The first-order valence-electron chi connectivity index (χ1n) is 12.8. The van der Waals surface area contributed by atoms with Crippen molar-refractivity contribution in [2.75, 3.05) is 19.6 Å². The molecule has 0 spiro atoms. The minimum atomic E-state index is 0.142. The van der Waals surface area contributed by atoms with E-state index in [2.05, 4.69) is 61.2 Å². The summed E-state index contributed by atoms with van der Waals surface area (Å²) in [5.41, 5.74) is 6.64. The number of carbonyl (C=O) groups excluding carboxylic acids is 1. The first-order valence-corrected chi connectivity index (χ1v) is 13.7. The van der Waals surface area contributed by atoms with E-state index in [9.17, 15) is 4.79 Å². The summed E-state index contributed by atoms with van der Waals surface area (Å²) in [5.74, 6) is 1.11. The Kier molecular flexibility index (Phi) is 5.62. The average molecular weight is 459 g/mol. The van der Waals surface area contributed by atoms with Crippen LogP contribution >= 0.6 is 11.8 Å². The van der Waals surface area contributed by atoms with Gasteiger partial charge in [0.2, 0.25) is 0 Å². The van der Waals surface area contributed by atoms with E-state index in [-0.39, 0.29) is 5.91 Å². The summed E-state index contributed by atoms with van der Waals surface area (Å²) in [6.45, 7) is 6.93. The molecule has 2 saturated heterocycles. The molecule has 4 heteroatoms. The SMILES string of the molecule is CCN(CC)C(=O)c1ccc2c(c1)Sc1ccccc1C2=C1CC2CCC(C1)N2CC1CC1. The molecule has 172 valence electrons. The van der Waals surface area contributed by atoms with Crippen LogP contribution in [0.2, 0.25) is 0 Å². The van der Waals surface area contributed by atoms with Gasteiger partial charge in [-0.2, -0.15) is 0 Å². The van der Waals surface area contributed by atoms with Crippen molar-refractivity contribution in [2.45, 2.75) is 74.2 Å². The smallest absolute Gasteiger partial charge is 0.253 e. The third kappa shape index (κ3) is 3.85. The zero-order valence-corrected chi connectivity index (χ0v) is 20.7. The van der Waals surface area contributed by atoms with E-state index in [1.807, 2.05) is 16.7 Å². The van der Waals surface area contributed by atoms with E-state index in [0.717, 1.165) is 36.7 Å². The molecular formula is C29H34N2OS. The minimum Gasteiger partial charge on any atom is -0.339 e. The molecule has 3 heterocycles. The number of hydrogen-bond acceptors (Lipinski definition) is 3. The van der Waals surface area contributed by atoms with Gasteiger partial charge in [0, 0.05) is 47.1 Å². The molecule has 0 N–H and O–H groups in total. The molecule has 1 saturated carbocycles. The predicted octanol–water partition coefficient (Wildman–Crippen LogP) is 6.47. The van der Waals surface area contributed by atoms with Crippen molar-refractivity contribution in [3.63, 3.8) is 0 Å². The Balaban J connectivity index is 1.40. The lowest BCUT2D eigenvalue weighted by Crippen LogP contribution is -2.42. The van der Waals surface area contributed by atoms with Crippen LogP contribution in [0.3, 0.4) is 0 Å². The summed E-state index contributed by atoms with van der Waals surface area (Å²) in [6, 6.07) is 16.8. The molecule has 2 bridgehead atoms. The molecular weight excluding hydrogens is 424 g/mol. The zero-order chi connectivity index (χ0) is 22.5. The highest BCUT2D eigenvalue weighted by Crippen LogP contribution is 2.51. The van der Waals surface area contributed by atoms with Crippen LogP contribution in [0.15, 0.2) is 57.8 Å². The van der Waals surface area contributed by atoms with E-state index in [1.54, 1.807) is 5.57 Å². The number of rotatable bonds is 5. The maximum absolute atomic E-state index is 13.0. The number of amides is 1. The number of carbonyl (C=O) groups is 1. The minimum absolute atomic E-state index is 0.142. The summed E-state index contributed by atoms with van der Waals surface area (Å²) < 4.78 is 0. The van der Waals surface area contributed by atoms with Gasteiger partial charge in [0.1, 0.15) is 0 Å². The van der Waals surface area contributed by atoms with Crippen LogP contribution in [0.4, 0.5) is 0 Å². The van der Waals surface area contributed by atoms with Crippen molar-refractivity contribution < 1.29 is 4.79 Å².